The van der Waals surface area contributed by atoms with Crippen LogP contribution in [-0.2, 0) is 0 Å². The third-order valence-electron chi connectivity index (χ3n) is 3.14. The molecule has 0 saturated heterocycles. The lowest BCUT2D eigenvalue weighted by molar-refractivity contribution is 0.605. The second-order valence-corrected chi connectivity index (χ2v) is 7.83. The molecule has 96 valence electrons. The summed E-state index contributed by atoms with van der Waals surface area (Å²) in [6, 6.07) is 3.16. The van der Waals surface area contributed by atoms with Gasteiger partial charge in [0.15, 0.2) is 0 Å². The number of halogens is 1. The van der Waals surface area contributed by atoms with Gasteiger partial charge in [-0.2, -0.15) is 0 Å². The number of nitrogens with zero attached hydrogens (tertiary/aromatic N) is 1. The zero-order chi connectivity index (χ0) is 12.7. The third kappa shape index (κ3) is 2.69. The van der Waals surface area contributed by atoms with Crippen molar-refractivity contribution in [1.29, 1.82) is 0 Å². The van der Waals surface area contributed by atoms with Gasteiger partial charge in [0.05, 0.1) is 11.7 Å². The molecule has 3 rings (SSSR count). The van der Waals surface area contributed by atoms with Crippen LogP contribution in [0.5, 0.6) is 0 Å². The van der Waals surface area contributed by atoms with Crippen molar-refractivity contribution < 1.29 is 0 Å². The number of hydrogen-bond acceptors (Lipinski definition) is 4. The van der Waals surface area contributed by atoms with Crippen molar-refractivity contribution in [3.63, 3.8) is 0 Å². The molecule has 1 aliphatic rings. The van der Waals surface area contributed by atoms with Gasteiger partial charge < -0.3 is 5.32 Å². The Bertz CT molecular complexity index is 538. The van der Waals surface area contributed by atoms with E-state index in [0.29, 0.717) is 6.04 Å². The van der Waals surface area contributed by atoms with E-state index in [-0.39, 0.29) is 6.04 Å². The summed E-state index contributed by atoms with van der Waals surface area (Å²) in [5.74, 6) is 0. The molecule has 1 atom stereocenters. The molecule has 0 aromatic carbocycles. The fourth-order valence-electron chi connectivity index (χ4n) is 1.86. The second-order valence-electron chi connectivity index (χ2n) is 4.73. The summed E-state index contributed by atoms with van der Waals surface area (Å²) in [4.78, 5) is 7.40. The van der Waals surface area contributed by atoms with Gasteiger partial charge >= 0.3 is 0 Å². The predicted octanol–water partition coefficient (Wildman–Crippen LogP) is 4.43. The number of rotatable bonds is 4. The van der Waals surface area contributed by atoms with E-state index in [1.54, 1.807) is 11.3 Å². The van der Waals surface area contributed by atoms with Crippen LogP contribution >= 0.6 is 38.6 Å². The number of aryl methyl sites for hydroxylation is 2. The van der Waals surface area contributed by atoms with Crippen LogP contribution in [0.4, 0.5) is 0 Å². The van der Waals surface area contributed by atoms with E-state index in [0.717, 1.165) is 10.2 Å². The lowest BCUT2D eigenvalue weighted by Crippen LogP contribution is -2.23. The first-order chi connectivity index (χ1) is 8.63. The van der Waals surface area contributed by atoms with Crippen LogP contribution in [0.3, 0.4) is 0 Å². The molecule has 0 spiro atoms. The molecule has 0 radical (unpaired) electrons. The Hall–Kier alpha value is -0.230. The molecule has 2 aromatic heterocycles. The third-order valence-corrected chi connectivity index (χ3v) is 6.04. The summed E-state index contributed by atoms with van der Waals surface area (Å²) in [5, 5.41) is 7.06. The van der Waals surface area contributed by atoms with Crippen LogP contribution in [0.25, 0.3) is 0 Å². The Labute approximate surface area is 124 Å². The summed E-state index contributed by atoms with van der Waals surface area (Å²) < 4.78 is 1.16. The summed E-state index contributed by atoms with van der Waals surface area (Å²) >= 11 is 7.15. The van der Waals surface area contributed by atoms with Crippen molar-refractivity contribution in [3.8, 4) is 0 Å². The first kappa shape index (κ1) is 12.8. The van der Waals surface area contributed by atoms with Gasteiger partial charge in [0.25, 0.3) is 0 Å². The van der Waals surface area contributed by atoms with Gasteiger partial charge in [-0.3, -0.25) is 0 Å². The normalized spacial score (nSPS) is 17.1. The highest BCUT2D eigenvalue weighted by molar-refractivity contribution is 9.10. The fourth-order valence-corrected chi connectivity index (χ4v) is 4.44. The van der Waals surface area contributed by atoms with Crippen LogP contribution in [0.1, 0.15) is 39.3 Å². The number of hydrogen-bond donors (Lipinski definition) is 1. The van der Waals surface area contributed by atoms with Crippen molar-refractivity contribution in [3.05, 3.63) is 36.4 Å². The van der Waals surface area contributed by atoms with Crippen LogP contribution < -0.4 is 5.32 Å². The predicted molar refractivity (Wildman–Crippen MR) is 81.6 cm³/mol. The highest BCUT2D eigenvalue weighted by Gasteiger charge is 2.29. The van der Waals surface area contributed by atoms with E-state index in [9.17, 15) is 0 Å². The minimum atomic E-state index is 0.270. The maximum atomic E-state index is 4.72. The van der Waals surface area contributed by atoms with Crippen molar-refractivity contribution in [2.24, 2.45) is 0 Å². The molecule has 1 N–H and O–H groups in total. The molecule has 2 aromatic rings. The summed E-state index contributed by atoms with van der Waals surface area (Å²) in [5.41, 5.74) is 1.16. The van der Waals surface area contributed by atoms with Crippen molar-refractivity contribution in [2.75, 3.05) is 0 Å². The van der Waals surface area contributed by atoms with Gasteiger partial charge in [-0.1, -0.05) is 0 Å². The van der Waals surface area contributed by atoms with Gasteiger partial charge in [-0.15, -0.1) is 22.7 Å². The largest absolute Gasteiger partial charge is 0.301 e. The van der Waals surface area contributed by atoms with E-state index in [1.807, 2.05) is 11.3 Å². The molecule has 5 heteroatoms. The Morgan fingerprint density at radius 2 is 2.22 bits per heavy atom. The average Bonchev–Trinajstić information content (AvgIpc) is 2.96. The van der Waals surface area contributed by atoms with Crippen LogP contribution in [-0.4, -0.2) is 11.0 Å². The Morgan fingerprint density at radius 1 is 1.44 bits per heavy atom. The molecule has 2 heterocycles. The Kier molecular flexibility index (Phi) is 3.58. The fraction of sp³-hybridized carbons (Fsp3) is 0.462. The molecule has 1 fully saturated rings. The molecule has 1 aliphatic carbocycles. The maximum absolute atomic E-state index is 4.72. The van der Waals surface area contributed by atoms with E-state index in [2.05, 4.69) is 46.5 Å². The molecule has 2 nitrogen and oxygen atoms in total. The number of thiazole rings is 1. The van der Waals surface area contributed by atoms with E-state index in [4.69, 9.17) is 4.98 Å². The Balaban J connectivity index is 1.93. The second kappa shape index (κ2) is 5.04. The molecule has 0 amide bonds. The van der Waals surface area contributed by atoms with Crippen molar-refractivity contribution >= 4 is 38.6 Å². The van der Waals surface area contributed by atoms with E-state index < -0.39 is 0 Å². The molecule has 1 saturated carbocycles. The maximum Gasteiger partial charge on any atom is 0.115 e. The monoisotopic (exact) mass is 342 g/mol. The summed E-state index contributed by atoms with van der Waals surface area (Å²) in [7, 11) is 0. The minimum Gasteiger partial charge on any atom is -0.301 e. The number of aromatic nitrogens is 1. The molecular weight excluding hydrogens is 328 g/mol. The topological polar surface area (TPSA) is 24.9 Å². The SMILES string of the molecule is Cc1nc(C(NC2CC2)c2cc(Br)cs2)sc1C. The Morgan fingerprint density at radius 3 is 2.72 bits per heavy atom. The number of thiophene rings is 1. The van der Waals surface area contributed by atoms with Gasteiger partial charge in [-0.25, -0.2) is 4.98 Å². The summed E-state index contributed by atoms with van der Waals surface area (Å²) in [6.45, 7) is 4.24. The first-order valence-electron chi connectivity index (χ1n) is 6.07. The molecule has 0 aliphatic heterocycles. The summed E-state index contributed by atoms with van der Waals surface area (Å²) in [6.07, 6.45) is 2.60. The smallest absolute Gasteiger partial charge is 0.115 e. The number of nitrogens with one attached hydrogen (secondary N) is 1. The van der Waals surface area contributed by atoms with Crippen LogP contribution in [0.2, 0.25) is 0 Å². The van der Waals surface area contributed by atoms with Gasteiger partial charge in [0, 0.05) is 25.6 Å². The van der Waals surface area contributed by atoms with Crippen molar-refractivity contribution in [1.82, 2.24) is 10.3 Å². The van der Waals surface area contributed by atoms with Crippen molar-refractivity contribution in [2.45, 2.75) is 38.8 Å². The molecule has 1 unspecified atom stereocenters. The van der Waals surface area contributed by atoms with Crippen LogP contribution in [0, 0.1) is 13.8 Å². The lowest BCUT2D eigenvalue weighted by Gasteiger charge is -2.14. The molecular formula is C13H15BrN2S2. The highest BCUT2D eigenvalue weighted by Crippen LogP contribution is 2.35. The highest BCUT2D eigenvalue weighted by atomic mass is 79.9. The molecule has 18 heavy (non-hydrogen) atoms. The van der Waals surface area contributed by atoms with Gasteiger partial charge in [-0.05, 0) is 48.7 Å². The quantitative estimate of drug-likeness (QED) is 0.889. The first-order valence-corrected chi connectivity index (χ1v) is 8.56. The van der Waals surface area contributed by atoms with Gasteiger partial charge in [0.2, 0.25) is 0 Å². The zero-order valence-corrected chi connectivity index (χ0v) is 13.6. The lowest BCUT2D eigenvalue weighted by atomic mass is 10.2. The standard InChI is InChI=1S/C13H15BrN2S2/c1-7-8(2)18-13(15-7)12(16-10-3-4-10)11-5-9(14)6-17-11/h5-6,10,12,16H,3-4H2,1-2H3. The average molecular weight is 343 g/mol. The van der Waals surface area contributed by atoms with E-state index >= 15 is 0 Å². The zero-order valence-electron chi connectivity index (χ0n) is 10.4. The molecule has 0 bridgehead atoms. The van der Waals surface area contributed by atoms with Crippen LogP contribution in [0.15, 0.2) is 15.9 Å². The minimum absolute atomic E-state index is 0.270. The van der Waals surface area contributed by atoms with Gasteiger partial charge in [0.1, 0.15) is 5.01 Å². The van der Waals surface area contributed by atoms with E-state index in [1.165, 1.54) is 27.6 Å².